The van der Waals surface area contributed by atoms with Gasteiger partial charge in [-0.3, -0.25) is 9.59 Å². The van der Waals surface area contributed by atoms with E-state index in [-0.39, 0.29) is 19.6 Å². The third-order valence-corrected chi connectivity index (χ3v) is 2.86. The van der Waals surface area contributed by atoms with E-state index < -0.39 is 29.6 Å². The largest absolute Gasteiger partial charge is 0.481 e. The average molecular weight is 273 g/mol. The van der Waals surface area contributed by atoms with Gasteiger partial charge in [0.05, 0.1) is 19.1 Å². The Bertz CT molecular complexity index is 383. The standard InChI is InChI=1S/C11H19N3O5/c1-11(2,9(12)17)13-10(18)14-3-4-19-7(6-14)5-8(15)16/h7H,3-6H2,1-2H3,(H2,12,17)(H,13,18)(H,15,16). The maximum Gasteiger partial charge on any atom is 0.318 e. The second-order valence-corrected chi connectivity index (χ2v) is 4.96. The molecule has 3 amide bonds. The predicted octanol–water partition coefficient (Wildman–Crippen LogP) is -0.865. The summed E-state index contributed by atoms with van der Waals surface area (Å²) in [7, 11) is 0. The molecule has 0 spiro atoms. The molecule has 108 valence electrons. The van der Waals surface area contributed by atoms with Crippen molar-refractivity contribution in [3.63, 3.8) is 0 Å². The van der Waals surface area contributed by atoms with Crippen LogP contribution >= 0.6 is 0 Å². The second kappa shape index (κ2) is 5.87. The molecule has 1 unspecified atom stereocenters. The summed E-state index contributed by atoms with van der Waals surface area (Å²) in [6, 6.07) is -0.456. The Kier molecular flexibility index (Phi) is 4.71. The van der Waals surface area contributed by atoms with Crippen molar-refractivity contribution in [3.05, 3.63) is 0 Å². The number of amides is 3. The first-order valence-electron chi connectivity index (χ1n) is 5.93. The van der Waals surface area contributed by atoms with Crippen LogP contribution in [0.5, 0.6) is 0 Å². The number of nitrogens with one attached hydrogen (secondary N) is 1. The van der Waals surface area contributed by atoms with E-state index in [4.69, 9.17) is 15.6 Å². The summed E-state index contributed by atoms with van der Waals surface area (Å²) in [4.78, 5) is 35.1. The summed E-state index contributed by atoms with van der Waals surface area (Å²) < 4.78 is 5.25. The van der Waals surface area contributed by atoms with Gasteiger partial charge in [0.25, 0.3) is 0 Å². The molecule has 1 rings (SSSR count). The topological polar surface area (TPSA) is 122 Å². The number of ether oxygens (including phenoxy) is 1. The Morgan fingerprint density at radius 3 is 2.63 bits per heavy atom. The molecule has 8 nitrogen and oxygen atoms in total. The number of rotatable bonds is 4. The van der Waals surface area contributed by atoms with E-state index in [2.05, 4.69) is 5.32 Å². The number of carboxylic acids is 1. The monoisotopic (exact) mass is 273 g/mol. The van der Waals surface area contributed by atoms with Gasteiger partial charge in [0.2, 0.25) is 5.91 Å². The lowest BCUT2D eigenvalue weighted by Gasteiger charge is -2.34. The lowest BCUT2D eigenvalue weighted by Crippen LogP contribution is -2.59. The number of aliphatic carboxylic acids is 1. The predicted molar refractivity (Wildman–Crippen MR) is 65.4 cm³/mol. The molecule has 0 saturated carbocycles. The van der Waals surface area contributed by atoms with Crippen molar-refractivity contribution in [2.75, 3.05) is 19.7 Å². The highest BCUT2D eigenvalue weighted by Crippen LogP contribution is 2.10. The Morgan fingerprint density at radius 2 is 2.11 bits per heavy atom. The van der Waals surface area contributed by atoms with Crippen molar-refractivity contribution in [3.8, 4) is 0 Å². The van der Waals surface area contributed by atoms with Crippen LogP contribution < -0.4 is 11.1 Å². The van der Waals surface area contributed by atoms with E-state index in [0.717, 1.165) is 0 Å². The number of nitrogens with zero attached hydrogens (tertiary/aromatic N) is 1. The van der Waals surface area contributed by atoms with Gasteiger partial charge in [-0.1, -0.05) is 0 Å². The quantitative estimate of drug-likeness (QED) is 0.615. The highest BCUT2D eigenvalue weighted by atomic mass is 16.5. The van der Waals surface area contributed by atoms with Crippen molar-refractivity contribution in [2.24, 2.45) is 5.73 Å². The summed E-state index contributed by atoms with van der Waals surface area (Å²) in [6.45, 7) is 3.79. The first-order chi connectivity index (χ1) is 8.72. The number of carbonyl (C=O) groups is 3. The number of carboxylic acid groups (broad SMARTS) is 1. The van der Waals surface area contributed by atoms with Gasteiger partial charge in [0, 0.05) is 13.1 Å². The summed E-state index contributed by atoms with van der Waals surface area (Å²) in [6.07, 6.45) is -0.697. The zero-order valence-electron chi connectivity index (χ0n) is 11.0. The van der Waals surface area contributed by atoms with Crippen molar-refractivity contribution >= 4 is 17.9 Å². The van der Waals surface area contributed by atoms with Gasteiger partial charge in [-0.05, 0) is 13.8 Å². The van der Waals surface area contributed by atoms with E-state index in [1.54, 1.807) is 0 Å². The van der Waals surface area contributed by atoms with E-state index in [9.17, 15) is 14.4 Å². The van der Waals surface area contributed by atoms with E-state index in [0.29, 0.717) is 6.54 Å². The van der Waals surface area contributed by atoms with Crippen LogP contribution in [0.1, 0.15) is 20.3 Å². The molecule has 0 radical (unpaired) electrons. The average Bonchev–Trinajstić information content (AvgIpc) is 2.27. The summed E-state index contributed by atoms with van der Waals surface area (Å²) in [5.41, 5.74) is 4.01. The fourth-order valence-corrected chi connectivity index (χ4v) is 1.63. The van der Waals surface area contributed by atoms with E-state index in [1.165, 1.54) is 18.7 Å². The Balaban J connectivity index is 2.57. The van der Waals surface area contributed by atoms with Gasteiger partial charge in [-0.15, -0.1) is 0 Å². The molecule has 19 heavy (non-hydrogen) atoms. The molecule has 4 N–H and O–H groups in total. The van der Waals surface area contributed by atoms with Gasteiger partial charge in [-0.25, -0.2) is 4.79 Å². The highest BCUT2D eigenvalue weighted by molar-refractivity contribution is 5.89. The summed E-state index contributed by atoms with van der Waals surface area (Å²) in [5, 5.41) is 11.2. The first kappa shape index (κ1) is 15.2. The lowest BCUT2D eigenvalue weighted by atomic mass is 10.1. The van der Waals surface area contributed by atoms with Crippen LogP contribution in [-0.4, -0.2) is 59.3 Å². The zero-order valence-corrected chi connectivity index (χ0v) is 11.0. The molecule has 1 aliphatic heterocycles. The third-order valence-electron chi connectivity index (χ3n) is 2.86. The molecule has 0 aromatic heterocycles. The Hall–Kier alpha value is -1.83. The molecule has 1 saturated heterocycles. The number of carbonyl (C=O) groups excluding carboxylic acids is 2. The van der Waals surface area contributed by atoms with Crippen molar-refractivity contribution in [2.45, 2.75) is 31.9 Å². The summed E-state index contributed by atoms with van der Waals surface area (Å²) in [5.74, 6) is -1.62. The van der Waals surface area contributed by atoms with Crippen LogP contribution in [0.2, 0.25) is 0 Å². The molecule has 8 heteroatoms. The van der Waals surface area contributed by atoms with E-state index in [1.807, 2.05) is 0 Å². The normalized spacial score (nSPS) is 19.9. The van der Waals surface area contributed by atoms with Crippen LogP contribution in [0, 0.1) is 0 Å². The second-order valence-electron chi connectivity index (χ2n) is 4.96. The fraction of sp³-hybridized carbons (Fsp3) is 0.727. The SMILES string of the molecule is CC(C)(NC(=O)N1CCOC(CC(=O)O)C1)C(N)=O. The highest BCUT2D eigenvalue weighted by Gasteiger charge is 2.31. The summed E-state index contributed by atoms with van der Waals surface area (Å²) >= 11 is 0. The molecule has 1 heterocycles. The fourth-order valence-electron chi connectivity index (χ4n) is 1.63. The van der Waals surface area contributed by atoms with Crippen molar-refractivity contribution in [1.82, 2.24) is 10.2 Å². The molecule has 1 aliphatic rings. The lowest BCUT2D eigenvalue weighted by molar-refractivity contribution is -0.141. The number of hydrogen-bond acceptors (Lipinski definition) is 4. The van der Waals surface area contributed by atoms with Crippen molar-refractivity contribution < 1.29 is 24.2 Å². The van der Waals surface area contributed by atoms with Gasteiger partial charge in [0.15, 0.2) is 0 Å². The van der Waals surface area contributed by atoms with Gasteiger partial charge in [-0.2, -0.15) is 0 Å². The van der Waals surface area contributed by atoms with Crippen LogP contribution in [-0.2, 0) is 14.3 Å². The minimum Gasteiger partial charge on any atom is -0.481 e. The van der Waals surface area contributed by atoms with Gasteiger partial charge < -0.3 is 25.8 Å². The van der Waals surface area contributed by atoms with Gasteiger partial charge >= 0.3 is 12.0 Å². The Labute approximate surface area is 110 Å². The molecule has 0 bridgehead atoms. The molecule has 0 aromatic carbocycles. The van der Waals surface area contributed by atoms with Crippen LogP contribution in [0.15, 0.2) is 0 Å². The minimum atomic E-state index is -1.16. The first-order valence-corrected chi connectivity index (χ1v) is 5.93. The molecule has 0 aliphatic carbocycles. The third kappa shape index (κ3) is 4.40. The number of morpholine rings is 1. The molecule has 1 atom stereocenters. The van der Waals surface area contributed by atoms with Crippen LogP contribution in [0.4, 0.5) is 4.79 Å². The molecule has 1 fully saturated rings. The maximum absolute atomic E-state index is 12.0. The molecule has 0 aromatic rings. The minimum absolute atomic E-state index is 0.164. The molecular formula is C11H19N3O5. The smallest absolute Gasteiger partial charge is 0.318 e. The van der Waals surface area contributed by atoms with E-state index >= 15 is 0 Å². The number of primary amides is 1. The van der Waals surface area contributed by atoms with Crippen LogP contribution in [0.25, 0.3) is 0 Å². The molecular weight excluding hydrogens is 254 g/mol. The Morgan fingerprint density at radius 1 is 1.47 bits per heavy atom. The zero-order chi connectivity index (χ0) is 14.6. The van der Waals surface area contributed by atoms with Crippen LogP contribution in [0.3, 0.4) is 0 Å². The number of urea groups is 1. The van der Waals surface area contributed by atoms with Crippen molar-refractivity contribution in [1.29, 1.82) is 0 Å². The maximum atomic E-state index is 12.0. The number of nitrogens with two attached hydrogens (primary N) is 1. The number of hydrogen-bond donors (Lipinski definition) is 3. The van der Waals surface area contributed by atoms with Gasteiger partial charge in [0.1, 0.15) is 5.54 Å².